The second-order valence-corrected chi connectivity index (χ2v) is 9.32. The van der Waals surface area contributed by atoms with Crippen LogP contribution in [0, 0.1) is 5.92 Å². The monoisotopic (exact) mass is 258 g/mol. The van der Waals surface area contributed by atoms with Gasteiger partial charge in [-0.2, -0.15) is 0 Å². The van der Waals surface area contributed by atoms with E-state index in [0.717, 1.165) is 11.4 Å². The van der Waals surface area contributed by atoms with E-state index in [9.17, 15) is 4.79 Å². The van der Waals surface area contributed by atoms with E-state index in [4.69, 9.17) is 14.5 Å². The number of ether oxygens (including phenoxy) is 1. The standard InChI is InChI=1S/C7H15O4PS2/c1-6(2)5-11-7(8)3-4-14-12(9,10)13/h6H,3-5H2,1-2H3,(H2,9,10,13). The van der Waals surface area contributed by atoms with Crippen LogP contribution in [-0.2, 0) is 21.3 Å². The summed E-state index contributed by atoms with van der Waals surface area (Å²) in [5.41, 5.74) is -3.22. The number of hydrogen-bond acceptors (Lipinski definition) is 4. The Labute approximate surface area is 93.0 Å². The highest BCUT2D eigenvalue weighted by Crippen LogP contribution is 2.50. The zero-order chi connectivity index (χ0) is 11.2. The van der Waals surface area contributed by atoms with Gasteiger partial charge in [0.2, 0.25) is 5.69 Å². The van der Waals surface area contributed by atoms with E-state index in [1.54, 1.807) is 0 Å². The summed E-state index contributed by atoms with van der Waals surface area (Å²) < 4.78 is 4.88. The fraction of sp³-hybridized carbons (Fsp3) is 0.857. The Kier molecular flexibility index (Phi) is 6.99. The van der Waals surface area contributed by atoms with Gasteiger partial charge in [-0.3, -0.25) is 4.79 Å². The summed E-state index contributed by atoms with van der Waals surface area (Å²) in [4.78, 5) is 28.7. The van der Waals surface area contributed by atoms with E-state index < -0.39 is 5.69 Å². The van der Waals surface area contributed by atoms with E-state index in [2.05, 4.69) is 11.8 Å². The van der Waals surface area contributed by atoms with E-state index in [1.165, 1.54) is 0 Å². The predicted molar refractivity (Wildman–Crippen MR) is 61.6 cm³/mol. The van der Waals surface area contributed by atoms with Crippen LogP contribution in [0.4, 0.5) is 0 Å². The first-order valence-corrected chi connectivity index (χ1v) is 8.47. The van der Waals surface area contributed by atoms with Crippen molar-refractivity contribution < 1.29 is 19.3 Å². The Morgan fingerprint density at radius 3 is 2.57 bits per heavy atom. The molecule has 4 nitrogen and oxygen atoms in total. The maximum Gasteiger partial charge on any atom is 0.306 e. The van der Waals surface area contributed by atoms with Gasteiger partial charge in [0, 0.05) is 5.75 Å². The molecule has 0 heterocycles. The smallest absolute Gasteiger partial charge is 0.306 e. The fourth-order valence-corrected chi connectivity index (χ4v) is 2.73. The summed E-state index contributed by atoms with van der Waals surface area (Å²) >= 11 is 5.21. The van der Waals surface area contributed by atoms with Crippen LogP contribution < -0.4 is 0 Å². The van der Waals surface area contributed by atoms with Crippen molar-refractivity contribution in [2.45, 2.75) is 20.3 Å². The quantitative estimate of drug-likeness (QED) is 0.556. The summed E-state index contributed by atoms with van der Waals surface area (Å²) in [5, 5.41) is 0. The van der Waals surface area contributed by atoms with Gasteiger partial charge in [-0.05, 0) is 17.7 Å². The number of carbonyl (C=O) groups excluding carboxylic acids is 1. The highest BCUT2D eigenvalue weighted by atomic mass is 32.9. The zero-order valence-electron chi connectivity index (χ0n) is 8.17. The minimum absolute atomic E-state index is 0.164. The Bertz CT molecular complexity index is 226. The Morgan fingerprint density at radius 2 is 2.14 bits per heavy atom. The zero-order valence-corrected chi connectivity index (χ0v) is 10.7. The van der Waals surface area contributed by atoms with Gasteiger partial charge in [-0.15, -0.1) is 0 Å². The molecule has 14 heavy (non-hydrogen) atoms. The Hall–Kier alpha value is 0.390. The lowest BCUT2D eigenvalue weighted by Crippen LogP contribution is -2.10. The van der Waals surface area contributed by atoms with Crippen molar-refractivity contribution in [2.24, 2.45) is 5.92 Å². The number of hydrogen-bond donors (Lipinski definition) is 2. The summed E-state index contributed by atoms with van der Waals surface area (Å²) in [5.74, 6) is 0.281. The van der Waals surface area contributed by atoms with Crippen LogP contribution in [0.3, 0.4) is 0 Å². The molecule has 0 atom stereocenters. The van der Waals surface area contributed by atoms with Crippen LogP contribution in [0.1, 0.15) is 20.3 Å². The van der Waals surface area contributed by atoms with Crippen LogP contribution in [0.15, 0.2) is 0 Å². The van der Waals surface area contributed by atoms with E-state index in [1.807, 2.05) is 13.8 Å². The second kappa shape index (κ2) is 6.80. The van der Waals surface area contributed by atoms with Gasteiger partial charge in [0.05, 0.1) is 13.0 Å². The molecule has 0 saturated carbocycles. The SMILES string of the molecule is CC(C)COC(=O)CCSP(O)(O)=S. The molecular formula is C7H15O4PS2. The minimum Gasteiger partial charge on any atom is -0.465 e. The molecule has 0 aromatic rings. The van der Waals surface area contributed by atoms with Crippen LogP contribution in [0.2, 0.25) is 0 Å². The second-order valence-electron chi connectivity index (χ2n) is 3.15. The molecule has 2 N–H and O–H groups in total. The molecule has 0 amide bonds. The lowest BCUT2D eigenvalue weighted by atomic mass is 10.2. The molecule has 0 aliphatic carbocycles. The van der Waals surface area contributed by atoms with Crippen LogP contribution in [0.25, 0.3) is 0 Å². The van der Waals surface area contributed by atoms with Gasteiger partial charge in [-0.25, -0.2) is 0 Å². The third-order valence-corrected chi connectivity index (χ3v) is 4.37. The normalized spacial score (nSPS) is 11.8. The molecule has 0 unspecified atom stereocenters. The van der Waals surface area contributed by atoms with Crippen molar-refractivity contribution in [1.82, 2.24) is 0 Å². The van der Waals surface area contributed by atoms with Gasteiger partial charge < -0.3 is 14.5 Å². The molecule has 84 valence electrons. The Morgan fingerprint density at radius 1 is 1.57 bits per heavy atom. The summed E-state index contributed by atoms with van der Waals surface area (Å²) in [7, 11) is 0. The van der Waals surface area contributed by atoms with Crippen LogP contribution >= 0.6 is 17.1 Å². The van der Waals surface area contributed by atoms with Crippen molar-refractivity contribution in [3.05, 3.63) is 0 Å². The molecule has 0 aromatic carbocycles. The van der Waals surface area contributed by atoms with E-state index in [0.29, 0.717) is 18.3 Å². The lowest BCUT2D eigenvalue weighted by Gasteiger charge is -2.08. The highest BCUT2D eigenvalue weighted by molar-refractivity contribution is 8.67. The maximum atomic E-state index is 11.0. The van der Waals surface area contributed by atoms with Crippen molar-refractivity contribution >= 4 is 34.9 Å². The first-order valence-electron chi connectivity index (χ1n) is 4.17. The Balaban J connectivity index is 3.50. The summed E-state index contributed by atoms with van der Waals surface area (Å²) in [6.45, 7) is 4.29. The molecule has 0 aliphatic heterocycles. The maximum absolute atomic E-state index is 11.0. The highest BCUT2D eigenvalue weighted by Gasteiger charge is 2.10. The van der Waals surface area contributed by atoms with Crippen molar-refractivity contribution in [3.8, 4) is 0 Å². The van der Waals surface area contributed by atoms with Crippen molar-refractivity contribution in [2.75, 3.05) is 12.4 Å². The summed E-state index contributed by atoms with van der Waals surface area (Å²) in [6.07, 6.45) is 0.164. The van der Waals surface area contributed by atoms with Crippen molar-refractivity contribution in [1.29, 1.82) is 0 Å². The topological polar surface area (TPSA) is 66.8 Å². The molecule has 0 saturated heterocycles. The molecule has 0 radical (unpaired) electrons. The number of esters is 1. The van der Waals surface area contributed by atoms with Gasteiger partial charge in [-0.1, -0.05) is 25.2 Å². The predicted octanol–water partition coefficient (Wildman–Crippen LogP) is 1.52. The molecule has 7 heteroatoms. The van der Waals surface area contributed by atoms with E-state index >= 15 is 0 Å². The number of rotatable bonds is 6. The average molecular weight is 258 g/mol. The van der Waals surface area contributed by atoms with Crippen LogP contribution in [-0.4, -0.2) is 28.1 Å². The number of carbonyl (C=O) groups is 1. The molecular weight excluding hydrogens is 243 g/mol. The van der Waals surface area contributed by atoms with Gasteiger partial charge in [0.25, 0.3) is 0 Å². The van der Waals surface area contributed by atoms with E-state index in [-0.39, 0.29) is 12.4 Å². The van der Waals surface area contributed by atoms with Gasteiger partial charge in [0.1, 0.15) is 0 Å². The molecule has 0 spiro atoms. The molecule has 0 aliphatic rings. The summed E-state index contributed by atoms with van der Waals surface area (Å²) in [6, 6.07) is 0. The van der Waals surface area contributed by atoms with Gasteiger partial charge >= 0.3 is 5.97 Å². The lowest BCUT2D eigenvalue weighted by molar-refractivity contribution is -0.144. The van der Waals surface area contributed by atoms with Gasteiger partial charge in [0.15, 0.2) is 0 Å². The first-order chi connectivity index (χ1) is 6.31. The molecule has 0 aromatic heterocycles. The van der Waals surface area contributed by atoms with Crippen molar-refractivity contribution in [3.63, 3.8) is 0 Å². The average Bonchev–Trinajstić information content (AvgIpc) is 1.98. The molecule has 0 fully saturated rings. The molecule has 0 rings (SSSR count). The molecule has 0 bridgehead atoms. The largest absolute Gasteiger partial charge is 0.465 e. The third-order valence-electron chi connectivity index (χ3n) is 1.14. The third kappa shape index (κ3) is 10.5. The van der Waals surface area contributed by atoms with Crippen LogP contribution in [0.5, 0.6) is 0 Å². The fourth-order valence-electron chi connectivity index (χ4n) is 0.580. The minimum atomic E-state index is -3.22. The first kappa shape index (κ1) is 14.4.